The number of benzene rings is 2. The van der Waals surface area contributed by atoms with E-state index < -0.39 is 0 Å². The fraction of sp³-hybridized carbons (Fsp3) is 0.235. The molecule has 1 N–H and O–H groups in total. The number of carbonyl (C=O) groups is 1. The monoisotopic (exact) mass is 266 g/mol. The largest absolute Gasteiger partial charge is 0.345 e. The van der Waals surface area contributed by atoms with E-state index in [0.29, 0.717) is 0 Å². The van der Waals surface area contributed by atoms with E-state index in [4.69, 9.17) is 0 Å². The summed E-state index contributed by atoms with van der Waals surface area (Å²) in [4.78, 5) is 13.8. The van der Waals surface area contributed by atoms with Crippen LogP contribution in [0.25, 0.3) is 0 Å². The minimum atomic E-state index is 0.147. The van der Waals surface area contributed by atoms with Gasteiger partial charge in [-0.05, 0) is 49.2 Å². The first-order valence-corrected chi connectivity index (χ1v) is 6.94. The average Bonchev–Trinajstić information content (AvgIpc) is 3.33. The van der Waals surface area contributed by atoms with Gasteiger partial charge in [-0.3, -0.25) is 4.79 Å². The highest BCUT2D eigenvalue weighted by atomic mass is 16.2. The number of carbonyl (C=O) groups excluding carboxylic acids is 1. The third-order valence-corrected chi connectivity index (χ3v) is 3.61. The Bertz CT molecular complexity index is 588. The standard InChI is InChI=1S/C17H18N2O/c1-19(15-5-3-2-4-6-15)16-11-9-14(10-12-16)18-17(20)13-7-8-13/h2-6,9-13H,7-8H2,1H3,(H,18,20). The van der Waals surface area contributed by atoms with Gasteiger partial charge in [0.25, 0.3) is 0 Å². The Kier molecular flexibility index (Phi) is 3.42. The lowest BCUT2D eigenvalue weighted by molar-refractivity contribution is -0.117. The zero-order valence-electron chi connectivity index (χ0n) is 11.5. The van der Waals surface area contributed by atoms with Crippen molar-refractivity contribution in [3.63, 3.8) is 0 Å². The van der Waals surface area contributed by atoms with E-state index in [2.05, 4.69) is 22.3 Å². The maximum absolute atomic E-state index is 11.7. The molecule has 2 aromatic carbocycles. The summed E-state index contributed by atoms with van der Waals surface area (Å²) in [6, 6.07) is 18.2. The second kappa shape index (κ2) is 5.37. The quantitative estimate of drug-likeness (QED) is 0.912. The molecule has 0 unspecified atom stereocenters. The SMILES string of the molecule is CN(c1ccccc1)c1ccc(NC(=O)C2CC2)cc1. The van der Waals surface area contributed by atoms with Crippen molar-refractivity contribution in [2.75, 3.05) is 17.3 Å². The summed E-state index contributed by atoms with van der Waals surface area (Å²) < 4.78 is 0. The molecule has 3 rings (SSSR count). The minimum absolute atomic E-state index is 0.147. The molecular formula is C17H18N2O. The molecule has 3 nitrogen and oxygen atoms in total. The first kappa shape index (κ1) is 12.7. The topological polar surface area (TPSA) is 32.3 Å². The fourth-order valence-electron chi connectivity index (χ4n) is 2.16. The third-order valence-electron chi connectivity index (χ3n) is 3.61. The lowest BCUT2D eigenvalue weighted by Gasteiger charge is -2.19. The fourth-order valence-corrected chi connectivity index (χ4v) is 2.16. The summed E-state index contributed by atoms with van der Waals surface area (Å²) in [7, 11) is 2.03. The Morgan fingerprint density at radius 1 is 1.00 bits per heavy atom. The lowest BCUT2D eigenvalue weighted by Crippen LogP contribution is -2.13. The molecule has 0 heterocycles. The van der Waals surface area contributed by atoms with Crippen LogP contribution >= 0.6 is 0 Å². The van der Waals surface area contributed by atoms with Crippen LogP contribution in [0, 0.1) is 5.92 Å². The smallest absolute Gasteiger partial charge is 0.227 e. The molecule has 0 spiro atoms. The second-order valence-corrected chi connectivity index (χ2v) is 5.20. The Balaban J connectivity index is 1.70. The second-order valence-electron chi connectivity index (χ2n) is 5.20. The highest BCUT2D eigenvalue weighted by molar-refractivity contribution is 5.94. The molecular weight excluding hydrogens is 248 g/mol. The van der Waals surface area contributed by atoms with Crippen molar-refractivity contribution < 1.29 is 4.79 Å². The van der Waals surface area contributed by atoms with Gasteiger partial charge in [0.15, 0.2) is 0 Å². The van der Waals surface area contributed by atoms with Crippen LogP contribution in [-0.4, -0.2) is 13.0 Å². The first-order valence-electron chi connectivity index (χ1n) is 6.94. The molecule has 0 radical (unpaired) electrons. The van der Waals surface area contributed by atoms with Gasteiger partial charge in [-0.2, -0.15) is 0 Å². The zero-order valence-corrected chi connectivity index (χ0v) is 11.5. The van der Waals surface area contributed by atoms with Gasteiger partial charge in [0.2, 0.25) is 5.91 Å². The van der Waals surface area contributed by atoms with Gasteiger partial charge in [-0.15, -0.1) is 0 Å². The van der Waals surface area contributed by atoms with E-state index in [1.807, 2.05) is 49.5 Å². The van der Waals surface area contributed by atoms with Gasteiger partial charge in [-0.25, -0.2) is 0 Å². The number of para-hydroxylation sites is 1. The third kappa shape index (κ3) is 2.82. The van der Waals surface area contributed by atoms with Crippen LogP contribution in [-0.2, 0) is 4.79 Å². The van der Waals surface area contributed by atoms with Crippen LogP contribution in [0.3, 0.4) is 0 Å². The lowest BCUT2D eigenvalue weighted by atomic mass is 10.2. The molecule has 0 bridgehead atoms. The van der Waals surface area contributed by atoms with Crippen LogP contribution in [0.4, 0.5) is 17.1 Å². The highest BCUT2D eigenvalue weighted by Crippen LogP contribution is 2.30. The normalized spacial score (nSPS) is 13.8. The van der Waals surface area contributed by atoms with Crippen molar-refractivity contribution in [1.82, 2.24) is 0 Å². The van der Waals surface area contributed by atoms with Gasteiger partial charge in [0, 0.05) is 30.0 Å². The predicted molar refractivity (Wildman–Crippen MR) is 82.3 cm³/mol. The maximum Gasteiger partial charge on any atom is 0.227 e. The summed E-state index contributed by atoms with van der Waals surface area (Å²) in [5, 5.41) is 2.95. The van der Waals surface area contributed by atoms with Gasteiger partial charge in [0.05, 0.1) is 0 Å². The van der Waals surface area contributed by atoms with Crippen LogP contribution < -0.4 is 10.2 Å². The van der Waals surface area contributed by atoms with Crippen molar-refractivity contribution in [3.05, 3.63) is 54.6 Å². The number of hydrogen-bond acceptors (Lipinski definition) is 2. The number of hydrogen-bond donors (Lipinski definition) is 1. The van der Waals surface area contributed by atoms with E-state index in [1.165, 1.54) is 0 Å². The molecule has 0 atom stereocenters. The first-order chi connectivity index (χ1) is 9.74. The van der Waals surface area contributed by atoms with Crippen molar-refractivity contribution in [2.24, 2.45) is 5.92 Å². The van der Waals surface area contributed by atoms with Crippen LogP contribution in [0.2, 0.25) is 0 Å². The molecule has 1 aliphatic rings. The Morgan fingerprint density at radius 2 is 1.60 bits per heavy atom. The molecule has 1 amide bonds. The van der Waals surface area contributed by atoms with Crippen molar-refractivity contribution >= 4 is 23.0 Å². The van der Waals surface area contributed by atoms with Gasteiger partial charge >= 0.3 is 0 Å². The molecule has 1 aliphatic carbocycles. The van der Waals surface area contributed by atoms with E-state index in [-0.39, 0.29) is 11.8 Å². The number of rotatable bonds is 4. The minimum Gasteiger partial charge on any atom is -0.345 e. The maximum atomic E-state index is 11.7. The summed E-state index contributed by atoms with van der Waals surface area (Å²) in [5.74, 6) is 0.385. The summed E-state index contributed by atoms with van der Waals surface area (Å²) >= 11 is 0. The molecule has 2 aromatic rings. The van der Waals surface area contributed by atoms with E-state index in [9.17, 15) is 4.79 Å². The molecule has 0 aliphatic heterocycles. The highest BCUT2D eigenvalue weighted by Gasteiger charge is 2.29. The molecule has 3 heteroatoms. The molecule has 0 saturated heterocycles. The Hall–Kier alpha value is -2.29. The Labute approximate surface area is 119 Å². The number of nitrogens with zero attached hydrogens (tertiary/aromatic N) is 1. The van der Waals surface area contributed by atoms with Gasteiger partial charge < -0.3 is 10.2 Å². The van der Waals surface area contributed by atoms with Crippen molar-refractivity contribution in [2.45, 2.75) is 12.8 Å². The number of anilines is 3. The summed E-state index contributed by atoms with van der Waals surface area (Å²) in [6.07, 6.45) is 2.06. The van der Waals surface area contributed by atoms with Gasteiger partial charge in [-0.1, -0.05) is 18.2 Å². The molecule has 0 aromatic heterocycles. The van der Waals surface area contributed by atoms with Crippen molar-refractivity contribution in [3.8, 4) is 0 Å². The van der Waals surface area contributed by atoms with E-state index in [0.717, 1.165) is 29.9 Å². The molecule has 1 saturated carbocycles. The summed E-state index contributed by atoms with van der Waals surface area (Å²) in [6.45, 7) is 0. The average molecular weight is 266 g/mol. The van der Waals surface area contributed by atoms with E-state index in [1.54, 1.807) is 0 Å². The predicted octanol–water partition coefficient (Wildman–Crippen LogP) is 3.80. The van der Waals surface area contributed by atoms with E-state index >= 15 is 0 Å². The molecule has 102 valence electrons. The Morgan fingerprint density at radius 3 is 2.20 bits per heavy atom. The molecule has 1 fully saturated rings. The van der Waals surface area contributed by atoms with Crippen LogP contribution in [0.15, 0.2) is 54.6 Å². The van der Waals surface area contributed by atoms with Gasteiger partial charge in [0.1, 0.15) is 0 Å². The van der Waals surface area contributed by atoms with Crippen molar-refractivity contribution in [1.29, 1.82) is 0 Å². The van der Waals surface area contributed by atoms with Crippen LogP contribution in [0.1, 0.15) is 12.8 Å². The molecule has 20 heavy (non-hydrogen) atoms. The van der Waals surface area contributed by atoms with Crippen LogP contribution in [0.5, 0.6) is 0 Å². The number of nitrogens with one attached hydrogen (secondary N) is 1. The number of amides is 1. The zero-order chi connectivity index (χ0) is 13.9. The summed E-state index contributed by atoms with van der Waals surface area (Å²) in [5.41, 5.74) is 3.11.